The lowest BCUT2D eigenvalue weighted by Crippen LogP contribution is -1.92. The second-order valence-electron chi connectivity index (χ2n) is 2.87. The van der Waals surface area contributed by atoms with Crippen molar-refractivity contribution in [2.24, 2.45) is 0 Å². The molecule has 1 aromatic carbocycles. The van der Waals surface area contributed by atoms with Crippen LogP contribution >= 0.6 is 11.8 Å². The number of thioether (sulfide) groups is 1. The number of benzene rings is 1. The summed E-state index contributed by atoms with van der Waals surface area (Å²) in [7, 11) is 0. The zero-order valence-corrected chi connectivity index (χ0v) is 8.49. The summed E-state index contributed by atoms with van der Waals surface area (Å²) in [5.74, 6) is -0.215. The van der Waals surface area contributed by atoms with Crippen molar-refractivity contribution in [2.45, 2.75) is 19.1 Å². The van der Waals surface area contributed by atoms with Gasteiger partial charge in [0.2, 0.25) is 0 Å². The van der Waals surface area contributed by atoms with Gasteiger partial charge < -0.3 is 0 Å². The first-order chi connectivity index (χ1) is 6.09. The smallest absolute Gasteiger partial charge is 0.123 e. The third kappa shape index (κ3) is 3.19. The summed E-state index contributed by atoms with van der Waals surface area (Å²) in [5.41, 5.74) is 0.927. The third-order valence-corrected chi connectivity index (χ3v) is 2.65. The molecule has 70 valence electrons. The molecular weight excluding hydrogens is 185 g/mol. The molecule has 0 saturated heterocycles. The average molecular weight is 197 g/mol. The van der Waals surface area contributed by atoms with Gasteiger partial charge in [-0.2, -0.15) is 0 Å². The number of nitrogens with one attached hydrogen (secondary N) is 1. The minimum absolute atomic E-state index is 0.146. The van der Waals surface area contributed by atoms with Gasteiger partial charge in [-0.05, 0) is 31.5 Å². The molecule has 1 unspecified atom stereocenters. The molecule has 0 saturated carbocycles. The van der Waals surface area contributed by atoms with Crippen LogP contribution in [0.15, 0.2) is 24.3 Å². The molecule has 13 heavy (non-hydrogen) atoms. The quantitative estimate of drug-likeness (QED) is 0.568. The van der Waals surface area contributed by atoms with Crippen LogP contribution in [-0.4, -0.2) is 5.04 Å². The molecule has 0 radical (unpaired) electrons. The first-order valence-electron chi connectivity index (χ1n) is 4.07. The van der Waals surface area contributed by atoms with Crippen molar-refractivity contribution in [1.82, 2.24) is 0 Å². The van der Waals surface area contributed by atoms with Crippen LogP contribution in [0.5, 0.6) is 0 Å². The summed E-state index contributed by atoms with van der Waals surface area (Å²) >= 11 is 1.43. The van der Waals surface area contributed by atoms with Crippen LogP contribution in [0.3, 0.4) is 0 Å². The highest BCUT2D eigenvalue weighted by atomic mass is 32.2. The molecule has 3 heteroatoms. The van der Waals surface area contributed by atoms with Crippen molar-refractivity contribution in [3.63, 3.8) is 0 Å². The van der Waals surface area contributed by atoms with Gasteiger partial charge in [0.25, 0.3) is 0 Å². The SMILES string of the molecule is CC(=N)SC(C)c1cccc(F)c1. The molecule has 0 fully saturated rings. The molecule has 0 aliphatic rings. The van der Waals surface area contributed by atoms with Crippen LogP contribution in [0.25, 0.3) is 0 Å². The van der Waals surface area contributed by atoms with Gasteiger partial charge in [0.1, 0.15) is 5.82 Å². The van der Waals surface area contributed by atoms with Crippen molar-refractivity contribution in [3.05, 3.63) is 35.6 Å². The monoisotopic (exact) mass is 197 g/mol. The van der Waals surface area contributed by atoms with E-state index in [9.17, 15) is 4.39 Å². The van der Waals surface area contributed by atoms with E-state index in [1.807, 2.05) is 13.0 Å². The molecule has 1 aromatic rings. The second kappa shape index (κ2) is 4.42. The Balaban J connectivity index is 2.76. The highest BCUT2D eigenvalue weighted by Gasteiger charge is 2.07. The third-order valence-electron chi connectivity index (χ3n) is 1.67. The van der Waals surface area contributed by atoms with Crippen LogP contribution in [0.2, 0.25) is 0 Å². The Morgan fingerprint density at radius 2 is 2.23 bits per heavy atom. The van der Waals surface area contributed by atoms with Crippen molar-refractivity contribution < 1.29 is 4.39 Å². The van der Waals surface area contributed by atoms with Gasteiger partial charge in [0.15, 0.2) is 0 Å². The van der Waals surface area contributed by atoms with E-state index in [1.54, 1.807) is 13.0 Å². The van der Waals surface area contributed by atoms with Crippen LogP contribution in [-0.2, 0) is 0 Å². The summed E-state index contributed by atoms with van der Waals surface area (Å²) in [6.07, 6.45) is 0. The van der Waals surface area contributed by atoms with Crippen LogP contribution in [0.4, 0.5) is 4.39 Å². The summed E-state index contributed by atoms with van der Waals surface area (Å²) in [6.45, 7) is 3.71. The van der Waals surface area contributed by atoms with Gasteiger partial charge >= 0.3 is 0 Å². The fourth-order valence-electron chi connectivity index (χ4n) is 1.09. The normalized spacial score (nSPS) is 12.5. The maximum Gasteiger partial charge on any atom is 0.123 e. The van der Waals surface area contributed by atoms with Gasteiger partial charge in [0.05, 0.1) is 5.04 Å². The van der Waals surface area contributed by atoms with Gasteiger partial charge in [-0.15, -0.1) is 11.8 Å². The van der Waals surface area contributed by atoms with Crippen molar-refractivity contribution in [3.8, 4) is 0 Å². The number of halogens is 1. The van der Waals surface area contributed by atoms with E-state index < -0.39 is 0 Å². The van der Waals surface area contributed by atoms with E-state index >= 15 is 0 Å². The maximum atomic E-state index is 12.8. The summed E-state index contributed by atoms with van der Waals surface area (Å²) in [5, 5.41) is 8.00. The molecule has 0 spiro atoms. The van der Waals surface area contributed by atoms with Crippen molar-refractivity contribution in [1.29, 1.82) is 5.41 Å². The van der Waals surface area contributed by atoms with Crippen LogP contribution in [0.1, 0.15) is 24.7 Å². The van der Waals surface area contributed by atoms with Crippen LogP contribution in [0, 0.1) is 11.2 Å². The predicted molar refractivity (Wildman–Crippen MR) is 55.8 cm³/mol. The fourth-order valence-corrected chi connectivity index (χ4v) is 1.91. The average Bonchev–Trinajstić information content (AvgIpc) is 2.03. The fraction of sp³-hybridized carbons (Fsp3) is 0.300. The Hall–Kier alpha value is -0.830. The van der Waals surface area contributed by atoms with Gasteiger partial charge in [-0.3, -0.25) is 5.41 Å². The zero-order chi connectivity index (χ0) is 9.84. The molecule has 0 bridgehead atoms. The highest BCUT2D eigenvalue weighted by Crippen LogP contribution is 2.28. The molecule has 0 aromatic heterocycles. The topological polar surface area (TPSA) is 23.9 Å². The van der Waals surface area contributed by atoms with Crippen molar-refractivity contribution >= 4 is 16.8 Å². The van der Waals surface area contributed by atoms with E-state index in [4.69, 9.17) is 5.41 Å². The predicted octanol–water partition coefficient (Wildman–Crippen LogP) is 3.62. The lowest BCUT2D eigenvalue weighted by atomic mass is 10.2. The Labute approximate surface area is 81.9 Å². The molecular formula is C10H12FNS. The van der Waals surface area contributed by atoms with Crippen LogP contribution < -0.4 is 0 Å². The van der Waals surface area contributed by atoms with E-state index in [0.29, 0.717) is 5.04 Å². The first-order valence-corrected chi connectivity index (χ1v) is 4.95. The summed E-state index contributed by atoms with van der Waals surface area (Å²) in [4.78, 5) is 0. The van der Waals surface area contributed by atoms with Gasteiger partial charge in [-0.1, -0.05) is 12.1 Å². The Morgan fingerprint density at radius 1 is 1.54 bits per heavy atom. The lowest BCUT2D eigenvalue weighted by Gasteiger charge is -2.09. The van der Waals surface area contributed by atoms with E-state index in [0.717, 1.165) is 5.56 Å². The Morgan fingerprint density at radius 3 is 2.77 bits per heavy atom. The molecule has 0 aliphatic carbocycles. The molecule has 1 N–H and O–H groups in total. The minimum atomic E-state index is -0.215. The summed E-state index contributed by atoms with van der Waals surface area (Å²) < 4.78 is 12.8. The standard InChI is InChI=1S/C10H12FNS/c1-7(13-8(2)12)9-4-3-5-10(11)6-9/h3-7,12H,1-2H3. The molecule has 1 rings (SSSR count). The van der Waals surface area contributed by atoms with Crippen molar-refractivity contribution in [2.75, 3.05) is 0 Å². The molecule has 0 amide bonds. The maximum absolute atomic E-state index is 12.8. The zero-order valence-electron chi connectivity index (χ0n) is 7.67. The summed E-state index contributed by atoms with van der Waals surface area (Å²) in [6, 6.07) is 6.52. The van der Waals surface area contributed by atoms with E-state index in [2.05, 4.69) is 0 Å². The van der Waals surface area contributed by atoms with E-state index in [1.165, 1.54) is 23.9 Å². The Bertz CT molecular complexity index is 312. The number of rotatable bonds is 2. The highest BCUT2D eigenvalue weighted by molar-refractivity contribution is 8.13. The molecule has 1 nitrogen and oxygen atoms in total. The van der Waals surface area contributed by atoms with Gasteiger partial charge in [-0.25, -0.2) is 4.39 Å². The minimum Gasteiger partial charge on any atom is -0.299 e. The number of hydrogen-bond acceptors (Lipinski definition) is 2. The molecule has 1 atom stereocenters. The van der Waals surface area contributed by atoms with E-state index in [-0.39, 0.29) is 11.1 Å². The number of hydrogen-bond donors (Lipinski definition) is 1. The van der Waals surface area contributed by atoms with Gasteiger partial charge in [0, 0.05) is 5.25 Å². The Kier molecular flexibility index (Phi) is 3.48. The second-order valence-corrected chi connectivity index (χ2v) is 4.43. The molecule has 0 aliphatic heterocycles. The molecule has 0 heterocycles. The largest absolute Gasteiger partial charge is 0.299 e. The first kappa shape index (κ1) is 10.3. The lowest BCUT2D eigenvalue weighted by molar-refractivity contribution is 0.625.